The summed E-state index contributed by atoms with van der Waals surface area (Å²) in [6.45, 7) is 6.92. The van der Waals surface area contributed by atoms with E-state index in [0.29, 0.717) is 27.8 Å². The zero-order valence-electron chi connectivity index (χ0n) is 16.2. The molecule has 0 aliphatic carbocycles. The van der Waals surface area contributed by atoms with Crippen LogP contribution in [-0.2, 0) is 4.79 Å². The van der Waals surface area contributed by atoms with Crippen molar-refractivity contribution in [3.05, 3.63) is 63.9 Å². The Morgan fingerprint density at radius 3 is 2.57 bits per heavy atom. The topological polar surface area (TPSA) is 41.1 Å². The van der Waals surface area contributed by atoms with Crippen LogP contribution in [0.5, 0.6) is 0 Å². The summed E-state index contributed by atoms with van der Waals surface area (Å²) in [6, 6.07) is 11.5. The molecule has 6 heteroatoms. The second kappa shape index (κ2) is 8.40. The fraction of sp³-hybridized carbons (Fsp3) is 0.409. The molecule has 3 rings (SSSR count). The van der Waals surface area contributed by atoms with Gasteiger partial charge in [0.2, 0.25) is 5.91 Å². The van der Waals surface area contributed by atoms with Gasteiger partial charge in [-0.05, 0) is 53.8 Å². The van der Waals surface area contributed by atoms with Gasteiger partial charge in [0, 0.05) is 34.2 Å². The summed E-state index contributed by atoms with van der Waals surface area (Å²) in [5, 5.41) is 7.41. The second-order valence-electron chi connectivity index (χ2n) is 8.58. The maximum atomic E-state index is 14.6. The van der Waals surface area contributed by atoms with Crippen molar-refractivity contribution in [2.75, 3.05) is 11.9 Å². The summed E-state index contributed by atoms with van der Waals surface area (Å²) < 4.78 is 14.6. The number of carbonyl (C=O) groups is 1. The van der Waals surface area contributed by atoms with Crippen molar-refractivity contribution in [1.82, 2.24) is 5.32 Å². The number of halogens is 3. The van der Waals surface area contributed by atoms with Crippen molar-refractivity contribution in [2.24, 2.45) is 11.3 Å². The van der Waals surface area contributed by atoms with Gasteiger partial charge in [-0.15, -0.1) is 0 Å². The third-order valence-corrected chi connectivity index (χ3v) is 5.52. The van der Waals surface area contributed by atoms with Gasteiger partial charge >= 0.3 is 0 Å². The Labute approximate surface area is 175 Å². The van der Waals surface area contributed by atoms with Gasteiger partial charge < -0.3 is 10.6 Å². The molecule has 0 radical (unpaired) electrons. The molecule has 3 unspecified atom stereocenters. The van der Waals surface area contributed by atoms with E-state index < -0.39 is 5.92 Å². The zero-order chi connectivity index (χ0) is 20.5. The molecule has 1 saturated heterocycles. The first-order valence-corrected chi connectivity index (χ1v) is 10.1. The van der Waals surface area contributed by atoms with Crippen LogP contribution < -0.4 is 10.6 Å². The Kier molecular flexibility index (Phi) is 6.33. The molecule has 3 atom stereocenters. The molecule has 1 fully saturated rings. The van der Waals surface area contributed by atoms with E-state index in [1.165, 1.54) is 12.1 Å². The van der Waals surface area contributed by atoms with E-state index in [-0.39, 0.29) is 29.1 Å². The molecular weight excluding hydrogens is 398 g/mol. The van der Waals surface area contributed by atoms with E-state index in [2.05, 4.69) is 31.4 Å². The lowest BCUT2D eigenvalue weighted by atomic mass is 9.78. The summed E-state index contributed by atoms with van der Waals surface area (Å²) in [5.41, 5.74) is 1.13. The van der Waals surface area contributed by atoms with Crippen LogP contribution in [0.3, 0.4) is 0 Å². The van der Waals surface area contributed by atoms with Gasteiger partial charge in [-0.3, -0.25) is 4.79 Å². The van der Waals surface area contributed by atoms with Crippen LogP contribution >= 0.6 is 23.2 Å². The predicted molar refractivity (Wildman–Crippen MR) is 114 cm³/mol. The molecule has 1 aliphatic rings. The Morgan fingerprint density at radius 1 is 1.18 bits per heavy atom. The number of rotatable bonds is 4. The van der Waals surface area contributed by atoms with E-state index >= 15 is 0 Å². The highest BCUT2D eigenvalue weighted by Crippen LogP contribution is 2.39. The maximum absolute atomic E-state index is 14.6. The standard InChI is InChI=1S/C22H25Cl2FN2O/c1-22(2,3)11-19-20(21(28)27-15-6-4-5-13(23)9-15)17(12-26-19)16-10-14(24)7-8-18(16)25/h4-10,17,19-20,26H,11-12H2,1-3H3,(H,27,28). The Bertz CT molecular complexity index is 866. The Morgan fingerprint density at radius 2 is 1.89 bits per heavy atom. The quantitative estimate of drug-likeness (QED) is 0.645. The highest BCUT2D eigenvalue weighted by Gasteiger charge is 2.43. The highest BCUT2D eigenvalue weighted by molar-refractivity contribution is 6.31. The van der Waals surface area contributed by atoms with Gasteiger partial charge in [-0.1, -0.05) is 50.0 Å². The SMILES string of the molecule is CC(C)(C)CC1NCC(c2cc(Cl)ccc2F)C1C(=O)Nc1cccc(Cl)c1. The molecule has 1 heterocycles. The van der Waals surface area contributed by atoms with E-state index in [4.69, 9.17) is 23.2 Å². The first kappa shape index (κ1) is 21.1. The minimum absolute atomic E-state index is 0.0218. The van der Waals surface area contributed by atoms with Crippen LogP contribution in [0.1, 0.15) is 38.7 Å². The Hall–Kier alpha value is -1.62. The fourth-order valence-electron chi connectivity index (χ4n) is 3.93. The predicted octanol–water partition coefficient (Wildman–Crippen LogP) is 5.88. The lowest BCUT2D eigenvalue weighted by molar-refractivity contribution is -0.120. The second-order valence-corrected chi connectivity index (χ2v) is 9.45. The summed E-state index contributed by atoms with van der Waals surface area (Å²) in [4.78, 5) is 13.3. The van der Waals surface area contributed by atoms with Gasteiger partial charge in [0.25, 0.3) is 0 Å². The van der Waals surface area contributed by atoms with Crippen molar-refractivity contribution < 1.29 is 9.18 Å². The minimum atomic E-state index is -0.425. The number of amides is 1. The molecule has 0 aromatic heterocycles. The van der Waals surface area contributed by atoms with Gasteiger partial charge in [-0.2, -0.15) is 0 Å². The first-order chi connectivity index (χ1) is 13.1. The number of benzene rings is 2. The summed E-state index contributed by atoms with van der Waals surface area (Å²) in [6.07, 6.45) is 0.791. The maximum Gasteiger partial charge on any atom is 0.229 e. The van der Waals surface area contributed by atoms with Crippen LogP contribution in [0.25, 0.3) is 0 Å². The normalized spacial score (nSPS) is 22.3. The molecular formula is C22H25Cl2FN2O. The third kappa shape index (κ3) is 5.05. The molecule has 2 aromatic carbocycles. The van der Waals surface area contributed by atoms with Crippen LogP contribution in [0.15, 0.2) is 42.5 Å². The van der Waals surface area contributed by atoms with Crippen molar-refractivity contribution in [3.8, 4) is 0 Å². The molecule has 2 aromatic rings. The fourth-order valence-corrected chi connectivity index (χ4v) is 4.30. The van der Waals surface area contributed by atoms with E-state index in [1.54, 1.807) is 30.3 Å². The van der Waals surface area contributed by atoms with Crippen LogP contribution in [-0.4, -0.2) is 18.5 Å². The molecule has 3 nitrogen and oxygen atoms in total. The molecule has 0 spiro atoms. The number of carbonyl (C=O) groups excluding carboxylic acids is 1. The number of nitrogens with one attached hydrogen (secondary N) is 2. The van der Waals surface area contributed by atoms with E-state index in [0.717, 1.165) is 6.42 Å². The average Bonchev–Trinajstić information content (AvgIpc) is 2.98. The average molecular weight is 423 g/mol. The number of hydrogen-bond donors (Lipinski definition) is 2. The molecule has 0 saturated carbocycles. The van der Waals surface area contributed by atoms with Crippen molar-refractivity contribution in [2.45, 2.75) is 39.2 Å². The number of anilines is 1. The highest BCUT2D eigenvalue weighted by atomic mass is 35.5. The van der Waals surface area contributed by atoms with Crippen LogP contribution in [0.2, 0.25) is 10.0 Å². The van der Waals surface area contributed by atoms with Crippen molar-refractivity contribution in [3.63, 3.8) is 0 Å². The third-order valence-electron chi connectivity index (χ3n) is 5.05. The Balaban J connectivity index is 1.93. The summed E-state index contributed by atoms with van der Waals surface area (Å²) in [7, 11) is 0. The molecule has 150 valence electrons. The smallest absolute Gasteiger partial charge is 0.229 e. The summed E-state index contributed by atoms with van der Waals surface area (Å²) >= 11 is 12.1. The van der Waals surface area contributed by atoms with Crippen LogP contribution in [0.4, 0.5) is 10.1 Å². The largest absolute Gasteiger partial charge is 0.326 e. The summed E-state index contributed by atoms with van der Waals surface area (Å²) in [5.74, 6) is -1.21. The zero-order valence-corrected chi connectivity index (χ0v) is 17.7. The first-order valence-electron chi connectivity index (χ1n) is 9.39. The van der Waals surface area contributed by atoms with E-state index in [9.17, 15) is 9.18 Å². The van der Waals surface area contributed by atoms with Gasteiger partial charge in [0.15, 0.2) is 0 Å². The molecule has 28 heavy (non-hydrogen) atoms. The van der Waals surface area contributed by atoms with Crippen molar-refractivity contribution >= 4 is 34.8 Å². The van der Waals surface area contributed by atoms with Gasteiger partial charge in [0.1, 0.15) is 5.82 Å². The lowest BCUT2D eigenvalue weighted by Gasteiger charge is -2.29. The minimum Gasteiger partial charge on any atom is -0.326 e. The molecule has 1 aliphatic heterocycles. The molecule has 1 amide bonds. The molecule has 2 N–H and O–H groups in total. The van der Waals surface area contributed by atoms with Crippen molar-refractivity contribution in [1.29, 1.82) is 0 Å². The van der Waals surface area contributed by atoms with Crippen LogP contribution in [0, 0.1) is 17.2 Å². The number of hydrogen-bond acceptors (Lipinski definition) is 2. The van der Waals surface area contributed by atoms with Gasteiger partial charge in [0.05, 0.1) is 5.92 Å². The van der Waals surface area contributed by atoms with E-state index in [1.807, 2.05) is 0 Å². The lowest BCUT2D eigenvalue weighted by Crippen LogP contribution is -2.38. The van der Waals surface area contributed by atoms with Gasteiger partial charge in [-0.25, -0.2) is 4.39 Å². The monoisotopic (exact) mass is 422 g/mol. The molecule has 0 bridgehead atoms.